The number of nitrogens with one attached hydrogen (secondary N) is 1. The summed E-state index contributed by atoms with van der Waals surface area (Å²) in [5, 5.41) is 15.0. The second kappa shape index (κ2) is 5.40. The fraction of sp³-hybridized carbons (Fsp3) is 0.615. The molecule has 0 saturated carbocycles. The van der Waals surface area contributed by atoms with Crippen LogP contribution in [0.1, 0.15) is 24.3 Å². The molecule has 0 aromatic carbocycles. The van der Waals surface area contributed by atoms with E-state index in [1.165, 1.54) is 0 Å². The molecular formula is C13H17N3O3S. The Morgan fingerprint density at radius 2 is 2.35 bits per heavy atom. The lowest BCUT2D eigenvalue weighted by atomic mass is 9.89. The molecule has 3 heterocycles. The van der Waals surface area contributed by atoms with Crippen LogP contribution in [0.5, 0.6) is 0 Å². The number of carboxylic acids is 1. The van der Waals surface area contributed by atoms with Gasteiger partial charge in [-0.3, -0.25) is 4.79 Å². The highest BCUT2D eigenvalue weighted by atomic mass is 32.1. The maximum absolute atomic E-state index is 12.2. The van der Waals surface area contributed by atoms with Crippen molar-refractivity contribution in [2.24, 2.45) is 5.92 Å². The zero-order valence-corrected chi connectivity index (χ0v) is 11.8. The number of thiazole rings is 1. The molecule has 108 valence electrons. The monoisotopic (exact) mass is 295 g/mol. The number of fused-ring (bicyclic) bond motifs is 2. The van der Waals surface area contributed by atoms with Crippen LogP contribution in [0.15, 0.2) is 11.6 Å². The molecule has 1 aromatic heterocycles. The summed E-state index contributed by atoms with van der Waals surface area (Å²) in [6, 6.07) is -0.156. The van der Waals surface area contributed by atoms with Crippen molar-refractivity contribution in [2.45, 2.75) is 37.8 Å². The molecule has 3 rings (SSSR count). The normalized spacial score (nSPS) is 27.8. The number of aromatic nitrogens is 1. The molecule has 2 amide bonds. The predicted molar refractivity (Wildman–Crippen MR) is 73.6 cm³/mol. The van der Waals surface area contributed by atoms with Gasteiger partial charge in [-0.15, -0.1) is 11.3 Å². The number of amides is 2. The number of aliphatic carboxylic acids is 1. The lowest BCUT2D eigenvalue weighted by Gasteiger charge is -2.23. The maximum atomic E-state index is 12.2. The topological polar surface area (TPSA) is 82.5 Å². The Labute approximate surface area is 120 Å². The summed E-state index contributed by atoms with van der Waals surface area (Å²) in [5.41, 5.74) is 0. The molecule has 0 aliphatic carbocycles. The van der Waals surface area contributed by atoms with Gasteiger partial charge < -0.3 is 15.3 Å². The second-order valence-electron chi connectivity index (χ2n) is 5.29. The molecule has 2 aliphatic heterocycles. The first-order valence-corrected chi connectivity index (χ1v) is 7.72. The summed E-state index contributed by atoms with van der Waals surface area (Å²) in [6.07, 6.45) is 4.80. The SMILES string of the molecule is O=C(O)C1CC2CCC1N2C(=O)NCCc1nccs1. The largest absolute Gasteiger partial charge is 0.481 e. The van der Waals surface area contributed by atoms with Crippen LogP contribution in [0.25, 0.3) is 0 Å². The van der Waals surface area contributed by atoms with Crippen molar-refractivity contribution in [3.63, 3.8) is 0 Å². The van der Waals surface area contributed by atoms with Gasteiger partial charge >= 0.3 is 12.0 Å². The molecule has 20 heavy (non-hydrogen) atoms. The number of hydrogen-bond donors (Lipinski definition) is 2. The van der Waals surface area contributed by atoms with E-state index in [2.05, 4.69) is 10.3 Å². The van der Waals surface area contributed by atoms with Gasteiger partial charge in [0.15, 0.2) is 0 Å². The minimum atomic E-state index is -0.780. The summed E-state index contributed by atoms with van der Waals surface area (Å²) in [4.78, 5) is 29.3. The lowest BCUT2D eigenvalue weighted by molar-refractivity contribution is -0.142. The summed E-state index contributed by atoms with van der Waals surface area (Å²) < 4.78 is 0. The van der Waals surface area contributed by atoms with Gasteiger partial charge in [0, 0.05) is 36.6 Å². The lowest BCUT2D eigenvalue weighted by Crippen LogP contribution is -2.44. The quantitative estimate of drug-likeness (QED) is 0.878. The van der Waals surface area contributed by atoms with E-state index in [1.807, 2.05) is 5.38 Å². The minimum Gasteiger partial charge on any atom is -0.481 e. The van der Waals surface area contributed by atoms with Crippen molar-refractivity contribution in [3.8, 4) is 0 Å². The average Bonchev–Trinajstić information content (AvgIpc) is 3.13. The van der Waals surface area contributed by atoms with E-state index < -0.39 is 11.9 Å². The van der Waals surface area contributed by atoms with Crippen LogP contribution in [0.4, 0.5) is 4.79 Å². The van der Waals surface area contributed by atoms with Crippen LogP contribution < -0.4 is 5.32 Å². The first-order chi connectivity index (χ1) is 9.66. The highest BCUT2D eigenvalue weighted by Gasteiger charge is 2.51. The summed E-state index contributed by atoms with van der Waals surface area (Å²) in [6.45, 7) is 0.542. The highest BCUT2D eigenvalue weighted by Crippen LogP contribution is 2.41. The summed E-state index contributed by atoms with van der Waals surface area (Å²) in [7, 11) is 0. The van der Waals surface area contributed by atoms with Gasteiger partial charge in [0.25, 0.3) is 0 Å². The third kappa shape index (κ3) is 2.37. The minimum absolute atomic E-state index is 0.0981. The Kier molecular flexibility index (Phi) is 3.60. The Bertz CT molecular complexity index is 505. The second-order valence-corrected chi connectivity index (χ2v) is 6.27. The van der Waals surface area contributed by atoms with E-state index in [4.69, 9.17) is 0 Å². The zero-order chi connectivity index (χ0) is 14.1. The van der Waals surface area contributed by atoms with Gasteiger partial charge in [-0.05, 0) is 19.3 Å². The van der Waals surface area contributed by atoms with Crippen molar-refractivity contribution < 1.29 is 14.7 Å². The van der Waals surface area contributed by atoms with Gasteiger partial charge in [0.1, 0.15) is 0 Å². The molecule has 1 aromatic rings. The van der Waals surface area contributed by atoms with Gasteiger partial charge in [-0.1, -0.05) is 0 Å². The van der Waals surface area contributed by atoms with Crippen LogP contribution in [-0.2, 0) is 11.2 Å². The van der Waals surface area contributed by atoms with Crippen LogP contribution in [0.2, 0.25) is 0 Å². The van der Waals surface area contributed by atoms with Crippen molar-refractivity contribution in [1.29, 1.82) is 0 Å². The molecule has 2 N–H and O–H groups in total. The summed E-state index contributed by atoms with van der Waals surface area (Å²) >= 11 is 1.57. The predicted octanol–water partition coefficient (Wildman–Crippen LogP) is 1.33. The first-order valence-electron chi connectivity index (χ1n) is 6.84. The third-order valence-corrected chi connectivity index (χ3v) is 5.03. The fourth-order valence-corrected chi connectivity index (χ4v) is 3.94. The Hall–Kier alpha value is -1.63. The molecule has 6 nitrogen and oxygen atoms in total. The molecule has 0 spiro atoms. The van der Waals surface area contributed by atoms with Gasteiger partial charge in [0.2, 0.25) is 0 Å². The van der Waals surface area contributed by atoms with E-state index in [0.717, 1.165) is 24.3 Å². The summed E-state index contributed by atoms with van der Waals surface area (Å²) in [5.74, 6) is -1.17. The number of hydrogen-bond acceptors (Lipinski definition) is 4. The highest BCUT2D eigenvalue weighted by molar-refractivity contribution is 7.09. The van der Waals surface area contributed by atoms with Gasteiger partial charge in [-0.25, -0.2) is 9.78 Å². The van der Waals surface area contributed by atoms with E-state index in [9.17, 15) is 14.7 Å². The fourth-order valence-electron chi connectivity index (χ4n) is 3.31. The molecule has 3 unspecified atom stereocenters. The van der Waals surface area contributed by atoms with Crippen molar-refractivity contribution in [2.75, 3.05) is 6.54 Å². The zero-order valence-electron chi connectivity index (χ0n) is 11.0. The van der Waals surface area contributed by atoms with Crippen LogP contribution in [-0.4, -0.2) is 45.6 Å². The number of carbonyl (C=O) groups excluding carboxylic acids is 1. The van der Waals surface area contributed by atoms with Crippen LogP contribution in [0, 0.1) is 5.92 Å². The van der Waals surface area contributed by atoms with E-state index in [-0.39, 0.29) is 18.1 Å². The standard InChI is InChI=1S/C13H17N3O3S/c17-12(18)9-7-8-1-2-10(9)16(8)13(19)15-4-3-11-14-5-6-20-11/h5-6,8-10H,1-4,7H2,(H,15,19)(H,17,18). The van der Waals surface area contributed by atoms with Crippen molar-refractivity contribution in [3.05, 3.63) is 16.6 Å². The Morgan fingerprint density at radius 3 is 3.00 bits per heavy atom. The molecule has 3 atom stereocenters. The van der Waals surface area contributed by atoms with Gasteiger partial charge in [0.05, 0.1) is 10.9 Å². The van der Waals surface area contributed by atoms with Crippen molar-refractivity contribution >= 4 is 23.3 Å². The van der Waals surface area contributed by atoms with Crippen LogP contribution >= 0.6 is 11.3 Å². The number of nitrogens with zero attached hydrogens (tertiary/aromatic N) is 2. The van der Waals surface area contributed by atoms with E-state index in [1.54, 1.807) is 22.4 Å². The first kappa shape index (κ1) is 13.4. The van der Waals surface area contributed by atoms with E-state index >= 15 is 0 Å². The van der Waals surface area contributed by atoms with Crippen molar-refractivity contribution in [1.82, 2.24) is 15.2 Å². The Balaban J connectivity index is 1.54. The maximum Gasteiger partial charge on any atom is 0.317 e. The molecular weight excluding hydrogens is 278 g/mol. The van der Waals surface area contributed by atoms with Crippen LogP contribution in [0.3, 0.4) is 0 Å². The molecule has 2 saturated heterocycles. The number of urea groups is 1. The molecule has 2 bridgehead atoms. The number of carboxylic acid groups (broad SMARTS) is 1. The molecule has 2 aliphatic rings. The average molecular weight is 295 g/mol. The van der Waals surface area contributed by atoms with E-state index in [0.29, 0.717) is 13.0 Å². The molecule has 0 radical (unpaired) electrons. The number of carbonyl (C=O) groups is 2. The molecule has 7 heteroatoms. The molecule has 2 fully saturated rings. The smallest absolute Gasteiger partial charge is 0.317 e. The Morgan fingerprint density at radius 1 is 1.50 bits per heavy atom. The number of rotatable bonds is 4. The van der Waals surface area contributed by atoms with Gasteiger partial charge in [-0.2, -0.15) is 0 Å². The third-order valence-electron chi connectivity index (χ3n) is 4.19.